The Morgan fingerprint density at radius 2 is 2.06 bits per heavy atom. The number of aromatic hydroxyl groups is 1. The van der Waals surface area contributed by atoms with Crippen LogP contribution in [0.1, 0.15) is 12.0 Å². The molecule has 1 unspecified atom stereocenters. The van der Waals surface area contributed by atoms with Crippen LogP contribution in [0.5, 0.6) is 5.75 Å². The highest BCUT2D eigenvalue weighted by atomic mass is 32.2. The summed E-state index contributed by atoms with van der Waals surface area (Å²) in [6, 6.07) is 6.63. The van der Waals surface area contributed by atoms with Gasteiger partial charge in [0.25, 0.3) is 0 Å². The monoisotopic (exact) mass is 270 g/mol. The fourth-order valence-corrected chi connectivity index (χ4v) is 2.72. The molecule has 18 heavy (non-hydrogen) atoms. The summed E-state index contributed by atoms with van der Waals surface area (Å²) in [7, 11) is -3.70. The van der Waals surface area contributed by atoms with Crippen LogP contribution in [0.3, 0.4) is 0 Å². The summed E-state index contributed by atoms with van der Waals surface area (Å²) in [5.74, 6) is -0.179. The summed E-state index contributed by atoms with van der Waals surface area (Å²) < 4.78 is 22.4. The van der Waals surface area contributed by atoms with Crippen molar-refractivity contribution in [3.8, 4) is 5.75 Å². The molecule has 3 N–H and O–H groups in total. The van der Waals surface area contributed by atoms with Crippen molar-refractivity contribution < 1.29 is 18.3 Å². The van der Waals surface area contributed by atoms with Crippen LogP contribution in [0.25, 0.3) is 0 Å². The zero-order valence-corrected chi connectivity index (χ0v) is 10.4. The molecule has 1 fully saturated rings. The number of hydrogen-bond donors (Lipinski definition) is 2. The van der Waals surface area contributed by atoms with Crippen molar-refractivity contribution in [1.29, 1.82) is 0 Å². The molecule has 1 atom stereocenters. The van der Waals surface area contributed by atoms with E-state index >= 15 is 0 Å². The van der Waals surface area contributed by atoms with Gasteiger partial charge in [0.2, 0.25) is 15.9 Å². The highest BCUT2D eigenvalue weighted by molar-refractivity contribution is 7.89. The number of phenolic OH excluding ortho intramolecular Hbond substituents is 1. The molecule has 2 rings (SSSR count). The van der Waals surface area contributed by atoms with Gasteiger partial charge in [0.15, 0.2) is 0 Å². The molecule has 0 saturated carbocycles. The Kier molecular flexibility index (Phi) is 3.27. The van der Waals surface area contributed by atoms with Crippen molar-refractivity contribution in [3.63, 3.8) is 0 Å². The number of para-hydroxylation sites is 1. The van der Waals surface area contributed by atoms with Gasteiger partial charge >= 0.3 is 0 Å². The van der Waals surface area contributed by atoms with Crippen molar-refractivity contribution in [1.82, 2.24) is 4.90 Å². The molecule has 98 valence electrons. The number of benzene rings is 1. The van der Waals surface area contributed by atoms with E-state index in [1.165, 1.54) is 11.0 Å². The summed E-state index contributed by atoms with van der Waals surface area (Å²) in [5, 5.41) is 13.8. The average Bonchev–Trinajstić information content (AvgIpc) is 2.63. The Bertz CT molecular complexity index is 570. The second-order valence-corrected chi connectivity index (χ2v) is 6.16. The molecule has 1 aromatic rings. The number of nitrogens with two attached hydrogens (primary N) is 1. The first-order valence-corrected chi connectivity index (χ1v) is 7.05. The molecular weight excluding hydrogens is 256 g/mol. The Morgan fingerprint density at radius 1 is 1.39 bits per heavy atom. The van der Waals surface area contributed by atoms with E-state index in [1.54, 1.807) is 18.2 Å². The topological polar surface area (TPSA) is 101 Å². The van der Waals surface area contributed by atoms with E-state index in [0.29, 0.717) is 5.56 Å². The summed E-state index contributed by atoms with van der Waals surface area (Å²) in [6.07, 6.45) is -0.0908. The van der Waals surface area contributed by atoms with Crippen molar-refractivity contribution in [2.24, 2.45) is 5.14 Å². The predicted molar refractivity (Wildman–Crippen MR) is 65.0 cm³/mol. The first-order chi connectivity index (χ1) is 8.38. The molecule has 1 heterocycles. The van der Waals surface area contributed by atoms with Crippen molar-refractivity contribution in [3.05, 3.63) is 29.8 Å². The molecule has 6 nitrogen and oxygen atoms in total. The third-order valence-electron chi connectivity index (χ3n) is 3.00. The number of amides is 1. The Labute approximate surface area is 105 Å². The molecule has 1 aliphatic rings. The fraction of sp³-hybridized carbons (Fsp3) is 0.364. The van der Waals surface area contributed by atoms with Crippen molar-refractivity contribution >= 4 is 15.9 Å². The van der Waals surface area contributed by atoms with Gasteiger partial charge in [-0.15, -0.1) is 0 Å². The first-order valence-electron chi connectivity index (χ1n) is 5.44. The van der Waals surface area contributed by atoms with Gasteiger partial charge in [-0.3, -0.25) is 4.79 Å². The van der Waals surface area contributed by atoms with E-state index in [-0.39, 0.29) is 31.2 Å². The van der Waals surface area contributed by atoms with Crippen LogP contribution >= 0.6 is 0 Å². The molecule has 7 heteroatoms. The van der Waals surface area contributed by atoms with Gasteiger partial charge in [-0.1, -0.05) is 18.2 Å². The maximum Gasteiger partial charge on any atom is 0.224 e. The van der Waals surface area contributed by atoms with Gasteiger partial charge in [-0.2, -0.15) is 0 Å². The average molecular weight is 270 g/mol. The number of primary sulfonamides is 1. The van der Waals surface area contributed by atoms with Crippen LogP contribution in [-0.2, 0) is 21.4 Å². The molecule has 1 aliphatic heterocycles. The standard InChI is InChI=1S/C11H14N2O4S/c12-18(16,17)9-5-11(15)13(7-9)6-8-3-1-2-4-10(8)14/h1-4,9,14H,5-7H2,(H2,12,16,17). The van der Waals surface area contributed by atoms with E-state index in [4.69, 9.17) is 5.14 Å². The minimum Gasteiger partial charge on any atom is -0.508 e. The molecule has 1 saturated heterocycles. The number of sulfonamides is 1. The lowest BCUT2D eigenvalue weighted by Crippen LogP contribution is -2.31. The molecule has 0 aromatic heterocycles. The van der Waals surface area contributed by atoms with E-state index < -0.39 is 15.3 Å². The van der Waals surface area contributed by atoms with E-state index in [0.717, 1.165) is 0 Å². The maximum absolute atomic E-state index is 11.7. The summed E-state index contributed by atoms with van der Waals surface area (Å²) in [6.45, 7) is 0.267. The zero-order valence-electron chi connectivity index (χ0n) is 9.61. The minimum atomic E-state index is -3.70. The Morgan fingerprint density at radius 3 is 2.61 bits per heavy atom. The van der Waals surface area contributed by atoms with Gasteiger partial charge in [0.1, 0.15) is 11.0 Å². The highest BCUT2D eigenvalue weighted by Crippen LogP contribution is 2.23. The number of rotatable bonds is 3. The lowest BCUT2D eigenvalue weighted by molar-refractivity contribution is -0.128. The number of nitrogens with zero attached hydrogens (tertiary/aromatic N) is 1. The highest BCUT2D eigenvalue weighted by Gasteiger charge is 2.36. The minimum absolute atomic E-state index is 0.0754. The van der Waals surface area contributed by atoms with Gasteiger partial charge in [0, 0.05) is 25.1 Å². The summed E-state index contributed by atoms with van der Waals surface area (Å²) in [5.41, 5.74) is 0.584. The smallest absolute Gasteiger partial charge is 0.224 e. The van der Waals surface area contributed by atoms with Crippen LogP contribution in [-0.4, -0.2) is 36.1 Å². The Hall–Kier alpha value is -1.60. The number of hydrogen-bond acceptors (Lipinski definition) is 4. The van der Waals surface area contributed by atoms with Gasteiger partial charge in [-0.05, 0) is 6.07 Å². The first kappa shape index (κ1) is 12.8. The van der Waals surface area contributed by atoms with Gasteiger partial charge in [-0.25, -0.2) is 13.6 Å². The molecule has 0 bridgehead atoms. The second-order valence-electron chi connectivity index (χ2n) is 4.32. The van der Waals surface area contributed by atoms with E-state index in [2.05, 4.69) is 0 Å². The van der Waals surface area contributed by atoms with Crippen LogP contribution in [0, 0.1) is 0 Å². The molecule has 0 radical (unpaired) electrons. The lowest BCUT2D eigenvalue weighted by atomic mass is 10.2. The number of likely N-dealkylation sites (tertiary alicyclic amines) is 1. The largest absolute Gasteiger partial charge is 0.508 e. The van der Waals surface area contributed by atoms with Gasteiger partial charge < -0.3 is 10.0 Å². The third kappa shape index (κ3) is 2.62. The van der Waals surface area contributed by atoms with Crippen LogP contribution in [0.2, 0.25) is 0 Å². The Balaban J connectivity index is 2.13. The van der Waals surface area contributed by atoms with Gasteiger partial charge in [0.05, 0.1) is 0 Å². The molecule has 1 amide bonds. The summed E-state index contributed by atoms with van der Waals surface area (Å²) in [4.78, 5) is 13.1. The van der Waals surface area contributed by atoms with Crippen LogP contribution in [0.15, 0.2) is 24.3 Å². The second kappa shape index (κ2) is 4.58. The number of carbonyl (C=O) groups is 1. The number of carbonyl (C=O) groups excluding carboxylic acids is 1. The molecule has 1 aromatic carbocycles. The zero-order chi connectivity index (χ0) is 13.3. The fourth-order valence-electron chi connectivity index (χ4n) is 1.96. The molecule has 0 spiro atoms. The maximum atomic E-state index is 11.7. The van der Waals surface area contributed by atoms with Crippen molar-refractivity contribution in [2.45, 2.75) is 18.2 Å². The van der Waals surface area contributed by atoms with E-state index in [1.807, 2.05) is 0 Å². The molecular formula is C11H14N2O4S. The predicted octanol–water partition coefficient (Wildman–Crippen LogP) is -0.218. The van der Waals surface area contributed by atoms with Crippen LogP contribution in [0.4, 0.5) is 0 Å². The van der Waals surface area contributed by atoms with Crippen molar-refractivity contribution in [2.75, 3.05) is 6.54 Å². The number of phenols is 1. The molecule has 0 aliphatic carbocycles. The SMILES string of the molecule is NS(=O)(=O)C1CC(=O)N(Cc2ccccc2O)C1. The van der Waals surface area contributed by atoms with E-state index in [9.17, 15) is 18.3 Å². The third-order valence-corrected chi connectivity index (χ3v) is 4.24. The summed E-state index contributed by atoms with van der Waals surface area (Å²) >= 11 is 0. The lowest BCUT2D eigenvalue weighted by Gasteiger charge is -2.16. The normalized spacial score (nSPS) is 20.4. The van der Waals surface area contributed by atoms with Crippen LogP contribution < -0.4 is 5.14 Å². The quantitative estimate of drug-likeness (QED) is 0.793.